The number of likely N-dealkylation sites (tertiary alicyclic amines) is 1. The molecule has 0 aliphatic carbocycles. The summed E-state index contributed by atoms with van der Waals surface area (Å²) in [5.41, 5.74) is 0.607. The SMILES string of the molecule is CCNC(=NCc1nc(C)c(C)s1)NC1CN(C(=O)OC(C)(C)C)C1.I. The molecule has 1 saturated heterocycles. The highest BCUT2D eigenvalue weighted by Crippen LogP contribution is 2.17. The molecule has 1 amide bonds. The summed E-state index contributed by atoms with van der Waals surface area (Å²) in [5, 5.41) is 7.61. The van der Waals surface area contributed by atoms with Gasteiger partial charge in [0.15, 0.2) is 5.96 Å². The molecule has 9 heteroatoms. The Morgan fingerprint density at radius 3 is 2.54 bits per heavy atom. The van der Waals surface area contributed by atoms with E-state index in [1.54, 1.807) is 16.2 Å². The van der Waals surface area contributed by atoms with Crippen LogP contribution in [0.3, 0.4) is 0 Å². The minimum Gasteiger partial charge on any atom is -0.444 e. The van der Waals surface area contributed by atoms with E-state index in [2.05, 4.69) is 27.5 Å². The average Bonchev–Trinajstić information content (AvgIpc) is 2.76. The van der Waals surface area contributed by atoms with Crippen LogP contribution in [0.15, 0.2) is 4.99 Å². The summed E-state index contributed by atoms with van der Waals surface area (Å²) in [5.74, 6) is 0.752. The van der Waals surface area contributed by atoms with Gasteiger partial charge in [-0.2, -0.15) is 0 Å². The fourth-order valence-corrected chi connectivity index (χ4v) is 3.17. The van der Waals surface area contributed by atoms with Crippen molar-refractivity contribution in [3.8, 4) is 0 Å². The van der Waals surface area contributed by atoms with Crippen molar-refractivity contribution in [1.29, 1.82) is 0 Å². The predicted octanol–water partition coefficient (Wildman–Crippen LogP) is 3.05. The molecule has 0 spiro atoms. The smallest absolute Gasteiger partial charge is 0.410 e. The molecule has 1 fully saturated rings. The maximum atomic E-state index is 12.0. The van der Waals surface area contributed by atoms with E-state index < -0.39 is 5.60 Å². The number of aliphatic imine (C=N–C) groups is 1. The Balaban J connectivity index is 0.00000338. The fourth-order valence-electron chi connectivity index (χ4n) is 2.31. The van der Waals surface area contributed by atoms with Crippen LogP contribution in [0.25, 0.3) is 0 Å². The fraction of sp³-hybridized carbons (Fsp3) is 0.706. The lowest BCUT2D eigenvalue weighted by atomic mass is 10.1. The molecule has 148 valence electrons. The third kappa shape index (κ3) is 6.90. The number of amides is 1. The van der Waals surface area contributed by atoms with E-state index in [9.17, 15) is 4.79 Å². The second-order valence-corrected chi connectivity index (χ2v) is 8.46. The van der Waals surface area contributed by atoms with Crippen molar-refractivity contribution in [2.75, 3.05) is 19.6 Å². The van der Waals surface area contributed by atoms with E-state index in [0.717, 1.165) is 23.2 Å². The lowest BCUT2D eigenvalue weighted by Gasteiger charge is -2.40. The molecule has 1 aliphatic rings. The van der Waals surface area contributed by atoms with Crippen LogP contribution in [-0.4, -0.2) is 53.2 Å². The Bertz CT molecular complexity index is 616. The summed E-state index contributed by atoms with van der Waals surface area (Å²) < 4.78 is 5.37. The molecule has 0 bridgehead atoms. The van der Waals surface area contributed by atoms with E-state index >= 15 is 0 Å². The van der Waals surface area contributed by atoms with Gasteiger partial charge in [0.25, 0.3) is 0 Å². The first-order chi connectivity index (χ1) is 11.7. The van der Waals surface area contributed by atoms with Crippen LogP contribution in [0, 0.1) is 13.8 Å². The van der Waals surface area contributed by atoms with E-state index in [1.807, 2.05) is 34.6 Å². The number of thiazole rings is 1. The Hall–Kier alpha value is -1.10. The predicted molar refractivity (Wildman–Crippen MR) is 117 cm³/mol. The third-order valence-corrected chi connectivity index (χ3v) is 4.72. The molecule has 2 rings (SSSR count). The molecule has 26 heavy (non-hydrogen) atoms. The van der Waals surface area contributed by atoms with Gasteiger partial charge in [0.05, 0.1) is 18.3 Å². The summed E-state index contributed by atoms with van der Waals surface area (Å²) in [6.45, 7) is 14.3. The molecule has 0 unspecified atom stereocenters. The zero-order valence-corrected chi connectivity index (χ0v) is 19.5. The van der Waals surface area contributed by atoms with Gasteiger partial charge >= 0.3 is 6.09 Å². The van der Waals surface area contributed by atoms with Gasteiger partial charge in [-0.05, 0) is 41.5 Å². The van der Waals surface area contributed by atoms with Crippen molar-refractivity contribution in [3.63, 3.8) is 0 Å². The van der Waals surface area contributed by atoms with Crippen LogP contribution >= 0.6 is 35.3 Å². The van der Waals surface area contributed by atoms with Crippen LogP contribution in [0.4, 0.5) is 4.79 Å². The van der Waals surface area contributed by atoms with E-state index in [1.165, 1.54) is 4.88 Å². The number of ether oxygens (including phenoxy) is 1. The van der Waals surface area contributed by atoms with Gasteiger partial charge in [0, 0.05) is 24.5 Å². The highest BCUT2D eigenvalue weighted by Gasteiger charge is 2.34. The summed E-state index contributed by atoms with van der Waals surface area (Å²) in [7, 11) is 0. The molecule has 1 aliphatic heterocycles. The Morgan fingerprint density at radius 1 is 1.38 bits per heavy atom. The van der Waals surface area contributed by atoms with Crippen LogP contribution in [0.2, 0.25) is 0 Å². The number of aromatic nitrogens is 1. The summed E-state index contributed by atoms with van der Waals surface area (Å²) in [6, 6.07) is 0.185. The van der Waals surface area contributed by atoms with Crippen molar-refractivity contribution < 1.29 is 9.53 Å². The van der Waals surface area contributed by atoms with E-state index in [0.29, 0.717) is 19.6 Å². The van der Waals surface area contributed by atoms with Crippen LogP contribution in [0.1, 0.15) is 43.3 Å². The molecule has 2 heterocycles. The number of carbonyl (C=O) groups is 1. The zero-order valence-electron chi connectivity index (χ0n) is 16.4. The largest absolute Gasteiger partial charge is 0.444 e. The number of aryl methyl sites for hydroxylation is 2. The van der Waals surface area contributed by atoms with Gasteiger partial charge in [-0.15, -0.1) is 35.3 Å². The Kier molecular flexibility index (Phi) is 8.58. The lowest BCUT2D eigenvalue weighted by molar-refractivity contribution is 0.00701. The second-order valence-electron chi connectivity index (χ2n) is 7.17. The van der Waals surface area contributed by atoms with Gasteiger partial charge in [-0.1, -0.05) is 0 Å². The second kappa shape index (κ2) is 9.72. The average molecular weight is 495 g/mol. The number of nitrogens with one attached hydrogen (secondary N) is 2. The highest BCUT2D eigenvalue weighted by atomic mass is 127. The number of hydrogen-bond donors (Lipinski definition) is 2. The van der Waals surface area contributed by atoms with Gasteiger partial charge in [0.2, 0.25) is 0 Å². The first-order valence-electron chi connectivity index (χ1n) is 8.63. The van der Waals surface area contributed by atoms with Crippen molar-refractivity contribution in [2.24, 2.45) is 4.99 Å². The number of hydrogen-bond acceptors (Lipinski definition) is 5. The maximum Gasteiger partial charge on any atom is 0.410 e. The number of carbonyl (C=O) groups excluding carboxylic acids is 1. The maximum absolute atomic E-state index is 12.0. The van der Waals surface area contributed by atoms with Crippen LogP contribution in [-0.2, 0) is 11.3 Å². The van der Waals surface area contributed by atoms with Crippen LogP contribution < -0.4 is 10.6 Å². The summed E-state index contributed by atoms with van der Waals surface area (Å²) >= 11 is 1.68. The van der Waals surface area contributed by atoms with Crippen molar-refractivity contribution in [3.05, 3.63) is 15.6 Å². The molecule has 7 nitrogen and oxygen atoms in total. The zero-order chi connectivity index (χ0) is 18.6. The molecule has 1 aromatic rings. The quantitative estimate of drug-likeness (QED) is 0.382. The monoisotopic (exact) mass is 495 g/mol. The van der Waals surface area contributed by atoms with Gasteiger partial charge in [0.1, 0.15) is 10.6 Å². The van der Waals surface area contributed by atoms with Crippen molar-refractivity contribution in [2.45, 2.75) is 59.7 Å². The van der Waals surface area contributed by atoms with E-state index in [4.69, 9.17) is 4.74 Å². The third-order valence-electron chi connectivity index (χ3n) is 3.66. The number of halogens is 1. The molecule has 0 radical (unpaired) electrons. The first-order valence-corrected chi connectivity index (χ1v) is 9.45. The number of rotatable bonds is 4. The number of guanidine groups is 1. The normalized spacial score (nSPS) is 15.2. The van der Waals surface area contributed by atoms with Gasteiger partial charge < -0.3 is 20.3 Å². The molecule has 2 N–H and O–H groups in total. The molecule has 0 aromatic carbocycles. The molecule has 0 saturated carbocycles. The van der Waals surface area contributed by atoms with Crippen LogP contribution in [0.5, 0.6) is 0 Å². The standard InChI is InChI=1S/C17H29N5O2S.HI/c1-7-18-15(19-8-14-20-11(2)12(3)25-14)21-13-9-22(10-13)16(23)24-17(4,5)6;/h13H,7-10H2,1-6H3,(H2,18,19,21);1H. The Labute approximate surface area is 177 Å². The lowest BCUT2D eigenvalue weighted by Crippen LogP contribution is -2.63. The topological polar surface area (TPSA) is 78.9 Å². The Morgan fingerprint density at radius 2 is 2.04 bits per heavy atom. The van der Waals surface area contributed by atoms with Gasteiger partial charge in [-0.25, -0.2) is 14.8 Å². The minimum atomic E-state index is -0.462. The summed E-state index contributed by atoms with van der Waals surface area (Å²) in [4.78, 5) is 24.0. The van der Waals surface area contributed by atoms with E-state index in [-0.39, 0.29) is 36.1 Å². The molecule has 1 aromatic heterocycles. The van der Waals surface area contributed by atoms with Crippen molar-refractivity contribution >= 4 is 47.4 Å². The highest BCUT2D eigenvalue weighted by molar-refractivity contribution is 14.0. The minimum absolute atomic E-state index is 0. The molecular formula is C17H30IN5O2S. The van der Waals surface area contributed by atoms with Gasteiger partial charge in [-0.3, -0.25) is 0 Å². The first kappa shape index (κ1) is 22.9. The molecular weight excluding hydrogens is 465 g/mol. The summed E-state index contributed by atoms with van der Waals surface area (Å²) in [6.07, 6.45) is -0.263. The molecule has 0 atom stereocenters. The number of nitrogens with zero attached hydrogens (tertiary/aromatic N) is 3. The van der Waals surface area contributed by atoms with Crippen molar-refractivity contribution in [1.82, 2.24) is 20.5 Å².